The summed E-state index contributed by atoms with van der Waals surface area (Å²) in [6, 6.07) is 7.09. The summed E-state index contributed by atoms with van der Waals surface area (Å²) in [6.45, 7) is 6.66. The fourth-order valence-corrected chi connectivity index (χ4v) is 4.28. The van der Waals surface area contributed by atoms with Crippen LogP contribution in [0.25, 0.3) is 11.3 Å². The van der Waals surface area contributed by atoms with Gasteiger partial charge in [0.25, 0.3) is 11.8 Å². The van der Waals surface area contributed by atoms with Gasteiger partial charge in [-0.3, -0.25) is 14.6 Å². The highest BCUT2D eigenvalue weighted by Crippen LogP contribution is 2.39. The van der Waals surface area contributed by atoms with Gasteiger partial charge in [0.2, 0.25) is 0 Å². The van der Waals surface area contributed by atoms with E-state index in [0.29, 0.717) is 5.56 Å². The number of halogens is 2. The minimum atomic E-state index is -1.44. The molecular formula is C28H30F2N4O5. The van der Waals surface area contributed by atoms with E-state index in [0.717, 1.165) is 18.2 Å². The van der Waals surface area contributed by atoms with Crippen LogP contribution in [-0.2, 0) is 4.74 Å². The van der Waals surface area contributed by atoms with Gasteiger partial charge in [-0.05, 0) is 64.1 Å². The van der Waals surface area contributed by atoms with Crippen LogP contribution in [0.3, 0.4) is 0 Å². The number of carbonyl (C=O) groups excluding carboxylic acids is 2. The van der Waals surface area contributed by atoms with E-state index in [9.17, 15) is 28.6 Å². The zero-order valence-corrected chi connectivity index (χ0v) is 21.9. The molecule has 2 amide bonds. The summed E-state index contributed by atoms with van der Waals surface area (Å²) in [5.41, 5.74) is -1.47. The highest BCUT2D eigenvalue weighted by Gasteiger charge is 2.44. The number of hydrogen-bond acceptors (Lipinski definition) is 7. The number of aliphatic hydroxyl groups excluding tert-OH is 1. The number of hydrogen-bond donors (Lipinski definition) is 4. The van der Waals surface area contributed by atoms with Gasteiger partial charge in [-0.1, -0.05) is 0 Å². The molecule has 206 valence electrons. The maximum absolute atomic E-state index is 14.8. The number of carbonyl (C=O) groups is 2. The molecule has 2 aromatic heterocycles. The fourth-order valence-electron chi connectivity index (χ4n) is 4.28. The highest BCUT2D eigenvalue weighted by atomic mass is 19.1. The lowest BCUT2D eigenvalue weighted by Crippen LogP contribution is -2.54. The summed E-state index contributed by atoms with van der Waals surface area (Å²) >= 11 is 0. The second-order valence-electron chi connectivity index (χ2n) is 10.0. The van der Waals surface area contributed by atoms with Crippen LogP contribution in [-0.4, -0.2) is 55.8 Å². The van der Waals surface area contributed by atoms with Gasteiger partial charge < -0.3 is 25.6 Å². The Hall–Kier alpha value is -3.80. The van der Waals surface area contributed by atoms with Crippen LogP contribution in [0.15, 0.2) is 48.8 Å². The first-order chi connectivity index (χ1) is 18.4. The number of anilines is 1. The Morgan fingerprint density at radius 3 is 2.54 bits per heavy atom. The van der Waals surface area contributed by atoms with Crippen molar-refractivity contribution in [1.82, 2.24) is 15.3 Å². The molecule has 1 aliphatic heterocycles. The molecule has 4 atom stereocenters. The average molecular weight is 541 g/mol. The first-order valence-electron chi connectivity index (χ1n) is 12.5. The summed E-state index contributed by atoms with van der Waals surface area (Å²) in [5.74, 6) is -2.88. The third kappa shape index (κ3) is 5.95. The standard InChI is InChI=1S/C28H30F2N4O5/c1-14(2)32-26(36)16-5-6-19(29)18(11-16)25-20(30)7-8-21(33-25)27(37)34-22-13-31-10-9-17(22)23-12-24(35)28(4,38)15(3)39-23/h5-11,13-15,23-24,35,38H,12H2,1-4H3,(H,32,36)(H,34,37)/t15-,23-,24-,28-/m1/s1. The molecule has 0 saturated carbocycles. The zero-order valence-electron chi connectivity index (χ0n) is 21.9. The first-order valence-corrected chi connectivity index (χ1v) is 12.5. The van der Waals surface area contributed by atoms with Crippen LogP contribution < -0.4 is 10.6 Å². The Bertz CT molecular complexity index is 1380. The molecule has 0 aliphatic carbocycles. The fraction of sp³-hybridized carbons (Fsp3) is 0.357. The van der Waals surface area contributed by atoms with E-state index in [1.165, 1.54) is 31.5 Å². The summed E-state index contributed by atoms with van der Waals surface area (Å²) in [5, 5.41) is 26.2. The normalized spacial score (nSPS) is 22.9. The summed E-state index contributed by atoms with van der Waals surface area (Å²) in [7, 11) is 0. The van der Waals surface area contributed by atoms with Gasteiger partial charge in [-0.2, -0.15) is 0 Å². The number of aliphatic hydroxyl groups is 2. The van der Waals surface area contributed by atoms with E-state index in [4.69, 9.17) is 4.74 Å². The maximum atomic E-state index is 14.8. The van der Waals surface area contributed by atoms with Crippen molar-refractivity contribution in [1.29, 1.82) is 0 Å². The van der Waals surface area contributed by atoms with E-state index in [-0.39, 0.29) is 35.0 Å². The molecule has 4 rings (SSSR count). The number of ether oxygens (including phenoxy) is 1. The molecule has 4 N–H and O–H groups in total. The Morgan fingerprint density at radius 1 is 1.13 bits per heavy atom. The molecule has 0 bridgehead atoms. The van der Waals surface area contributed by atoms with Crippen molar-refractivity contribution >= 4 is 17.5 Å². The summed E-state index contributed by atoms with van der Waals surface area (Å²) in [6.07, 6.45) is 0.538. The number of aromatic nitrogens is 2. The molecule has 0 radical (unpaired) electrons. The van der Waals surface area contributed by atoms with Gasteiger partial charge >= 0.3 is 0 Å². The maximum Gasteiger partial charge on any atom is 0.274 e. The quantitative estimate of drug-likeness (QED) is 0.374. The van der Waals surface area contributed by atoms with E-state index in [1.54, 1.807) is 26.8 Å². The van der Waals surface area contributed by atoms with Crippen molar-refractivity contribution in [2.24, 2.45) is 0 Å². The molecule has 3 aromatic rings. The van der Waals surface area contributed by atoms with Crippen molar-refractivity contribution in [2.45, 2.75) is 64.1 Å². The van der Waals surface area contributed by atoms with Crippen LogP contribution >= 0.6 is 0 Å². The van der Waals surface area contributed by atoms with Crippen LogP contribution in [0.4, 0.5) is 14.5 Å². The first kappa shape index (κ1) is 28.2. The van der Waals surface area contributed by atoms with Gasteiger partial charge in [0.05, 0.1) is 30.2 Å². The Balaban J connectivity index is 1.62. The molecule has 39 heavy (non-hydrogen) atoms. The molecule has 1 saturated heterocycles. The van der Waals surface area contributed by atoms with Crippen molar-refractivity contribution in [2.75, 3.05) is 5.32 Å². The lowest BCUT2D eigenvalue weighted by Gasteiger charge is -2.43. The topological polar surface area (TPSA) is 134 Å². The number of nitrogens with zero attached hydrogens (tertiary/aromatic N) is 2. The molecule has 1 aromatic carbocycles. The van der Waals surface area contributed by atoms with E-state index in [2.05, 4.69) is 20.6 Å². The number of pyridine rings is 2. The van der Waals surface area contributed by atoms with Gasteiger partial charge in [0, 0.05) is 35.3 Å². The van der Waals surface area contributed by atoms with Crippen molar-refractivity contribution in [3.63, 3.8) is 0 Å². The lowest BCUT2D eigenvalue weighted by atomic mass is 9.84. The van der Waals surface area contributed by atoms with E-state index in [1.807, 2.05) is 0 Å². The monoisotopic (exact) mass is 540 g/mol. The predicted molar refractivity (Wildman–Crippen MR) is 139 cm³/mol. The molecular weight excluding hydrogens is 510 g/mol. The molecule has 0 unspecified atom stereocenters. The third-order valence-electron chi connectivity index (χ3n) is 6.74. The van der Waals surface area contributed by atoms with Gasteiger partial charge in [-0.15, -0.1) is 0 Å². The highest BCUT2D eigenvalue weighted by molar-refractivity contribution is 6.03. The summed E-state index contributed by atoms with van der Waals surface area (Å²) < 4.78 is 35.4. The second kappa shape index (κ2) is 11.1. The SMILES string of the molecule is CC(C)NC(=O)c1ccc(F)c(-c2nc(C(=O)Nc3cnccc3[C@H]3C[C@@H](O)[C@](C)(O)[C@@H](C)O3)ccc2F)c1. The predicted octanol–water partition coefficient (Wildman–Crippen LogP) is 3.77. The Labute approximate surface area is 224 Å². The molecule has 3 heterocycles. The third-order valence-corrected chi connectivity index (χ3v) is 6.74. The van der Waals surface area contributed by atoms with Crippen LogP contribution in [0.1, 0.15) is 66.6 Å². The molecule has 0 spiro atoms. The zero-order chi connectivity index (χ0) is 28.5. The number of amides is 2. The summed E-state index contributed by atoms with van der Waals surface area (Å²) in [4.78, 5) is 33.6. The van der Waals surface area contributed by atoms with Crippen LogP contribution in [0.2, 0.25) is 0 Å². The minimum Gasteiger partial charge on any atom is -0.390 e. The van der Waals surface area contributed by atoms with Crippen LogP contribution in [0, 0.1) is 11.6 Å². The second-order valence-corrected chi connectivity index (χ2v) is 10.0. The van der Waals surface area contributed by atoms with Crippen LogP contribution in [0.5, 0.6) is 0 Å². The molecule has 9 nitrogen and oxygen atoms in total. The Kier molecular flexibility index (Phi) is 8.05. The van der Waals surface area contributed by atoms with Gasteiger partial charge in [0.1, 0.15) is 28.6 Å². The number of rotatable bonds is 6. The minimum absolute atomic E-state index is 0.0726. The lowest BCUT2D eigenvalue weighted by molar-refractivity contribution is -0.215. The molecule has 1 aliphatic rings. The van der Waals surface area contributed by atoms with Crippen molar-refractivity contribution < 1.29 is 33.3 Å². The smallest absolute Gasteiger partial charge is 0.274 e. The Morgan fingerprint density at radius 2 is 1.85 bits per heavy atom. The largest absolute Gasteiger partial charge is 0.390 e. The number of nitrogens with one attached hydrogen (secondary N) is 2. The van der Waals surface area contributed by atoms with Gasteiger partial charge in [-0.25, -0.2) is 13.8 Å². The average Bonchev–Trinajstić information content (AvgIpc) is 2.88. The number of benzene rings is 1. The molecule has 1 fully saturated rings. The van der Waals surface area contributed by atoms with Gasteiger partial charge in [0.15, 0.2) is 0 Å². The van der Waals surface area contributed by atoms with E-state index >= 15 is 0 Å². The van der Waals surface area contributed by atoms with Crippen molar-refractivity contribution in [3.05, 3.63) is 77.2 Å². The molecule has 11 heteroatoms. The van der Waals surface area contributed by atoms with E-state index < -0.39 is 53.1 Å². The van der Waals surface area contributed by atoms with Crippen molar-refractivity contribution in [3.8, 4) is 11.3 Å².